The van der Waals surface area contributed by atoms with Crippen LogP contribution in [-0.2, 0) is 6.42 Å². The summed E-state index contributed by atoms with van der Waals surface area (Å²) in [5.41, 5.74) is 7.49. The van der Waals surface area contributed by atoms with Gasteiger partial charge in [-0.25, -0.2) is 0 Å². The minimum absolute atomic E-state index is 0.245. The third kappa shape index (κ3) is 3.61. The fourth-order valence-electron chi connectivity index (χ4n) is 1.19. The number of benzene rings is 1. The lowest BCUT2D eigenvalue weighted by Gasteiger charge is -1.98. The summed E-state index contributed by atoms with van der Waals surface area (Å²) in [5, 5.41) is 8.66. The van der Waals surface area contributed by atoms with Crippen LogP contribution in [0.5, 0.6) is 0 Å². The third-order valence-electron chi connectivity index (χ3n) is 1.91. The van der Waals surface area contributed by atoms with Gasteiger partial charge in [-0.2, -0.15) is 0 Å². The molecule has 0 bridgehead atoms. The van der Waals surface area contributed by atoms with Crippen LogP contribution < -0.4 is 5.73 Å². The van der Waals surface area contributed by atoms with Crippen molar-refractivity contribution in [2.45, 2.75) is 12.8 Å². The summed E-state index contributed by atoms with van der Waals surface area (Å²) in [7, 11) is 0. The van der Waals surface area contributed by atoms with Gasteiger partial charge in [-0.05, 0) is 30.5 Å². The molecule has 74 valence electrons. The Morgan fingerprint density at radius 1 is 1.21 bits per heavy atom. The van der Waals surface area contributed by atoms with E-state index in [-0.39, 0.29) is 6.61 Å². The first-order valence-electron chi connectivity index (χ1n) is 4.75. The molecule has 1 aromatic carbocycles. The van der Waals surface area contributed by atoms with Gasteiger partial charge in [0.15, 0.2) is 0 Å². The minimum Gasteiger partial charge on any atom is -0.396 e. The molecular formula is C12H15NO. The van der Waals surface area contributed by atoms with Crippen molar-refractivity contribution in [2.75, 3.05) is 13.2 Å². The Morgan fingerprint density at radius 2 is 1.93 bits per heavy atom. The monoisotopic (exact) mass is 189 g/mol. The van der Waals surface area contributed by atoms with Crippen LogP contribution in [0.4, 0.5) is 0 Å². The summed E-state index contributed by atoms with van der Waals surface area (Å²) < 4.78 is 0. The number of aliphatic hydroxyl groups is 1. The van der Waals surface area contributed by atoms with Gasteiger partial charge < -0.3 is 10.8 Å². The first-order valence-corrected chi connectivity index (χ1v) is 4.75. The zero-order valence-electron chi connectivity index (χ0n) is 8.16. The number of hydrogen-bond acceptors (Lipinski definition) is 2. The summed E-state index contributed by atoms with van der Waals surface area (Å²) in [5.74, 6) is 5.77. The Labute approximate surface area is 84.8 Å². The molecule has 0 unspecified atom stereocenters. The predicted molar refractivity (Wildman–Crippen MR) is 57.8 cm³/mol. The highest BCUT2D eigenvalue weighted by Gasteiger charge is 1.92. The zero-order chi connectivity index (χ0) is 10.2. The first-order chi connectivity index (χ1) is 6.86. The molecule has 0 amide bonds. The van der Waals surface area contributed by atoms with E-state index in [1.807, 2.05) is 24.3 Å². The van der Waals surface area contributed by atoms with E-state index in [4.69, 9.17) is 10.8 Å². The van der Waals surface area contributed by atoms with Gasteiger partial charge in [0.25, 0.3) is 0 Å². The Morgan fingerprint density at radius 3 is 2.50 bits per heavy atom. The molecule has 0 saturated carbocycles. The second-order valence-corrected chi connectivity index (χ2v) is 3.03. The molecule has 1 aromatic rings. The minimum atomic E-state index is 0.245. The molecule has 0 aliphatic carbocycles. The van der Waals surface area contributed by atoms with Gasteiger partial charge in [-0.3, -0.25) is 0 Å². The lowest BCUT2D eigenvalue weighted by atomic mass is 10.1. The second kappa shape index (κ2) is 6.20. The Balaban J connectivity index is 2.59. The number of nitrogens with two attached hydrogens (primary N) is 1. The molecule has 0 spiro atoms. The van der Waals surface area contributed by atoms with Crippen LogP contribution in [0.15, 0.2) is 24.3 Å². The van der Waals surface area contributed by atoms with E-state index in [1.54, 1.807) is 0 Å². The molecule has 0 fully saturated rings. The number of aryl methyl sites for hydroxylation is 1. The molecule has 3 N–H and O–H groups in total. The molecular weight excluding hydrogens is 174 g/mol. The maximum atomic E-state index is 8.66. The summed E-state index contributed by atoms with van der Waals surface area (Å²) in [6.45, 7) is 0.640. The van der Waals surface area contributed by atoms with Gasteiger partial charge in [-0.15, -0.1) is 0 Å². The van der Waals surface area contributed by atoms with Crippen molar-refractivity contribution in [3.05, 3.63) is 35.4 Å². The molecule has 0 heterocycles. The van der Waals surface area contributed by atoms with Crippen LogP contribution in [0.3, 0.4) is 0 Å². The van der Waals surface area contributed by atoms with Crippen molar-refractivity contribution in [1.29, 1.82) is 0 Å². The van der Waals surface area contributed by atoms with Crippen LogP contribution >= 0.6 is 0 Å². The Kier molecular flexibility index (Phi) is 4.77. The van der Waals surface area contributed by atoms with Gasteiger partial charge in [0.1, 0.15) is 0 Å². The second-order valence-electron chi connectivity index (χ2n) is 3.03. The highest BCUT2D eigenvalue weighted by atomic mass is 16.2. The first kappa shape index (κ1) is 10.8. The zero-order valence-corrected chi connectivity index (χ0v) is 8.16. The van der Waals surface area contributed by atoms with E-state index in [1.165, 1.54) is 5.56 Å². The highest BCUT2D eigenvalue weighted by Crippen LogP contribution is 2.05. The molecule has 1 rings (SSSR count). The third-order valence-corrected chi connectivity index (χ3v) is 1.91. The highest BCUT2D eigenvalue weighted by molar-refractivity contribution is 5.36. The van der Waals surface area contributed by atoms with Gasteiger partial charge in [0, 0.05) is 12.2 Å². The lowest BCUT2D eigenvalue weighted by Crippen LogP contribution is -1.93. The standard InChI is InChI=1S/C12H15NO/c13-9-1-3-11-5-7-12(8-6-11)4-2-10-14/h5-8,14H,2,4,9-10,13H2. The topological polar surface area (TPSA) is 46.2 Å². The molecule has 14 heavy (non-hydrogen) atoms. The maximum absolute atomic E-state index is 8.66. The summed E-state index contributed by atoms with van der Waals surface area (Å²) >= 11 is 0. The predicted octanol–water partition coefficient (Wildman–Crippen LogP) is 0.922. The van der Waals surface area contributed by atoms with E-state index >= 15 is 0 Å². The summed E-state index contributed by atoms with van der Waals surface area (Å²) in [6, 6.07) is 8.04. The summed E-state index contributed by atoms with van der Waals surface area (Å²) in [4.78, 5) is 0. The molecule has 0 saturated heterocycles. The van der Waals surface area contributed by atoms with Crippen molar-refractivity contribution in [1.82, 2.24) is 0 Å². The molecule has 0 radical (unpaired) electrons. The van der Waals surface area contributed by atoms with Crippen LogP contribution in [0.25, 0.3) is 0 Å². The van der Waals surface area contributed by atoms with Crippen molar-refractivity contribution < 1.29 is 5.11 Å². The molecule has 2 nitrogen and oxygen atoms in total. The van der Waals surface area contributed by atoms with Gasteiger partial charge in [0.2, 0.25) is 0 Å². The smallest absolute Gasteiger partial charge is 0.0555 e. The number of hydrogen-bond donors (Lipinski definition) is 2. The van der Waals surface area contributed by atoms with Gasteiger partial charge >= 0.3 is 0 Å². The van der Waals surface area contributed by atoms with Gasteiger partial charge in [0.05, 0.1) is 6.54 Å². The summed E-state index contributed by atoms with van der Waals surface area (Å²) in [6.07, 6.45) is 1.73. The molecule has 0 aliphatic heterocycles. The van der Waals surface area contributed by atoms with Crippen molar-refractivity contribution in [3.63, 3.8) is 0 Å². The molecule has 2 heteroatoms. The van der Waals surface area contributed by atoms with Crippen LogP contribution in [0.2, 0.25) is 0 Å². The van der Waals surface area contributed by atoms with Gasteiger partial charge in [-0.1, -0.05) is 24.0 Å². The Bertz CT molecular complexity index is 318. The SMILES string of the molecule is NCC#Cc1ccc(CCCO)cc1. The van der Waals surface area contributed by atoms with E-state index in [2.05, 4.69) is 11.8 Å². The number of aliphatic hydroxyl groups excluding tert-OH is 1. The fourth-order valence-corrected chi connectivity index (χ4v) is 1.19. The normalized spacial score (nSPS) is 9.29. The van der Waals surface area contributed by atoms with E-state index in [0.29, 0.717) is 6.54 Å². The van der Waals surface area contributed by atoms with Crippen LogP contribution in [0, 0.1) is 11.8 Å². The largest absolute Gasteiger partial charge is 0.396 e. The van der Waals surface area contributed by atoms with Crippen LogP contribution in [-0.4, -0.2) is 18.3 Å². The van der Waals surface area contributed by atoms with Crippen molar-refractivity contribution in [3.8, 4) is 11.8 Å². The van der Waals surface area contributed by atoms with Crippen molar-refractivity contribution >= 4 is 0 Å². The maximum Gasteiger partial charge on any atom is 0.0555 e. The average molecular weight is 189 g/mol. The average Bonchev–Trinajstić information content (AvgIpc) is 2.25. The van der Waals surface area contributed by atoms with Crippen molar-refractivity contribution in [2.24, 2.45) is 5.73 Å². The molecule has 0 aliphatic rings. The van der Waals surface area contributed by atoms with E-state index < -0.39 is 0 Å². The molecule has 0 aromatic heterocycles. The molecule has 0 atom stereocenters. The Hall–Kier alpha value is -1.30. The van der Waals surface area contributed by atoms with Crippen LogP contribution in [0.1, 0.15) is 17.5 Å². The fraction of sp³-hybridized carbons (Fsp3) is 0.333. The lowest BCUT2D eigenvalue weighted by molar-refractivity contribution is 0.288. The van der Waals surface area contributed by atoms with E-state index in [0.717, 1.165) is 18.4 Å². The van der Waals surface area contributed by atoms with E-state index in [9.17, 15) is 0 Å². The number of rotatable bonds is 3. The quantitative estimate of drug-likeness (QED) is 0.695.